The maximum Gasteiger partial charge on any atom is 0.233 e. The van der Waals surface area contributed by atoms with Crippen LogP contribution < -0.4 is 5.32 Å². The molecule has 0 saturated heterocycles. The van der Waals surface area contributed by atoms with Crippen molar-refractivity contribution in [3.05, 3.63) is 41.0 Å². The molecule has 7 heteroatoms. The second-order valence-corrected chi connectivity index (χ2v) is 8.38. The van der Waals surface area contributed by atoms with Crippen LogP contribution in [-0.4, -0.2) is 37.9 Å². The normalized spacial score (nSPS) is 15.3. The van der Waals surface area contributed by atoms with Crippen molar-refractivity contribution in [3.8, 4) is 5.69 Å². The monoisotopic (exact) mass is 385 g/mol. The predicted octanol–water partition coefficient (Wildman–Crippen LogP) is 3.77. The van der Waals surface area contributed by atoms with Crippen molar-refractivity contribution in [1.82, 2.24) is 25.5 Å². The summed E-state index contributed by atoms with van der Waals surface area (Å²) >= 11 is 1.38. The molecule has 0 bridgehead atoms. The van der Waals surface area contributed by atoms with Crippen molar-refractivity contribution in [2.75, 3.05) is 6.54 Å². The van der Waals surface area contributed by atoms with Gasteiger partial charge in [0.25, 0.3) is 0 Å². The van der Waals surface area contributed by atoms with E-state index < -0.39 is 0 Å². The summed E-state index contributed by atoms with van der Waals surface area (Å²) in [7, 11) is 0. The Balaban J connectivity index is 1.58. The number of amides is 1. The molecule has 27 heavy (non-hydrogen) atoms. The van der Waals surface area contributed by atoms with E-state index in [4.69, 9.17) is 0 Å². The van der Waals surface area contributed by atoms with Gasteiger partial charge >= 0.3 is 0 Å². The lowest BCUT2D eigenvalue weighted by Gasteiger charge is -2.15. The van der Waals surface area contributed by atoms with E-state index >= 15 is 0 Å². The van der Waals surface area contributed by atoms with Crippen molar-refractivity contribution >= 4 is 17.7 Å². The molecule has 0 radical (unpaired) electrons. The molecular formula is C20H27N5OS. The number of aromatic nitrogens is 4. The Labute approximate surface area is 164 Å². The number of rotatable bonds is 7. The molecule has 0 spiro atoms. The van der Waals surface area contributed by atoms with Gasteiger partial charge in [-0.2, -0.15) is 4.68 Å². The van der Waals surface area contributed by atoms with Crippen LogP contribution in [0.1, 0.15) is 50.2 Å². The summed E-state index contributed by atoms with van der Waals surface area (Å²) in [5.41, 5.74) is 4.70. The number of hydrogen-bond acceptors (Lipinski definition) is 5. The van der Waals surface area contributed by atoms with Crippen molar-refractivity contribution in [2.45, 2.75) is 63.3 Å². The smallest absolute Gasteiger partial charge is 0.233 e. The molecule has 0 fully saturated rings. The van der Waals surface area contributed by atoms with Gasteiger partial charge in [-0.15, -0.1) is 5.10 Å². The summed E-state index contributed by atoms with van der Waals surface area (Å²) in [6, 6.07) is 6.14. The Bertz CT molecular complexity index is 830. The summed E-state index contributed by atoms with van der Waals surface area (Å²) in [6.45, 7) is 6.68. The SMILES string of the molecule is Cc1ccc(-n2nnnc2SC(C)C(=O)NCCC2=CCCCC2)c(C)c1. The van der Waals surface area contributed by atoms with E-state index in [9.17, 15) is 4.79 Å². The average Bonchev–Trinajstić information content (AvgIpc) is 3.10. The fourth-order valence-corrected chi connectivity index (χ4v) is 4.10. The number of thioether (sulfide) groups is 1. The molecule has 1 N–H and O–H groups in total. The third-order valence-corrected chi connectivity index (χ3v) is 5.84. The van der Waals surface area contributed by atoms with Gasteiger partial charge < -0.3 is 5.32 Å². The summed E-state index contributed by atoms with van der Waals surface area (Å²) in [6.07, 6.45) is 8.18. The fourth-order valence-electron chi connectivity index (χ4n) is 3.28. The molecule has 1 aliphatic carbocycles. The number of allylic oxidation sites excluding steroid dienone is 1. The highest BCUT2D eigenvalue weighted by Gasteiger charge is 2.19. The summed E-state index contributed by atoms with van der Waals surface area (Å²) < 4.78 is 1.70. The lowest BCUT2D eigenvalue weighted by molar-refractivity contribution is -0.120. The maximum atomic E-state index is 12.4. The highest BCUT2D eigenvalue weighted by molar-refractivity contribution is 8.00. The van der Waals surface area contributed by atoms with E-state index in [1.54, 1.807) is 4.68 Å². The van der Waals surface area contributed by atoms with Gasteiger partial charge in [0.2, 0.25) is 11.1 Å². The summed E-state index contributed by atoms with van der Waals surface area (Å²) in [5, 5.41) is 15.4. The van der Waals surface area contributed by atoms with Gasteiger partial charge in [-0.05, 0) is 74.9 Å². The standard InChI is InChI=1S/C20H27N5OS/c1-14-9-10-18(15(2)13-14)25-20(22-23-24-25)27-16(3)19(26)21-12-11-17-7-5-4-6-8-17/h7,9-10,13,16H,4-6,8,11-12H2,1-3H3,(H,21,26). The molecule has 1 aliphatic rings. The Morgan fingerprint density at radius 3 is 2.93 bits per heavy atom. The summed E-state index contributed by atoms with van der Waals surface area (Å²) in [4.78, 5) is 12.4. The first kappa shape index (κ1) is 19.6. The molecule has 1 unspecified atom stereocenters. The zero-order valence-electron chi connectivity index (χ0n) is 16.2. The van der Waals surface area contributed by atoms with Crippen LogP contribution in [-0.2, 0) is 4.79 Å². The third-order valence-electron chi connectivity index (χ3n) is 4.80. The largest absolute Gasteiger partial charge is 0.355 e. The molecule has 1 amide bonds. The molecule has 1 aromatic carbocycles. The van der Waals surface area contributed by atoms with Crippen molar-refractivity contribution < 1.29 is 4.79 Å². The lowest BCUT2D eigenvalue weighted by atomic mass is 9.97. The van der Waals surface area contributed by atoms with Crippen LogP contribution in [0.4, 0.5) is 0 Å². The number of nitrogens with zero attached hydrogens (tertiary/aromatic N) is 4. The first-order chi connectivity index (χ1) is 13.0. The lowest BCUT2D eigenvalue weighted by Crippen LogP contribution is -2.32. The predicted molar refractivity (Wildman–Crippen MR) is 108 cm³/mol. The van der Waals surface area contributed by atoms with E-state index in [2.05, 4.69) is 39.9 Å². The van der Waals surface area contributed by atoms with E-state index in [1.165, 1.54) is 48.6 Å². The first-order valence-corrected chi connectivity index (χ1v) is 10.4. The summed E-state index contributed by atoms with van der Waals surface area (Å²) in [5.74, 6) is 0.0200. The second-order valence-electron chi connectivity index (χ2n) is 7.07. The van der Waals surface area contributed by atoms with Gasteiger partial charge in [-0.25, -0.2) is 0 Å². The second kappa shape index (κ2) is 9.17. The van der Waals surface area contributed by atoms with E-state index in [0.29, 0.717) is 11.7 Å². The topological polar surface area (TPSA) is 72.7 Å². The van der Waals surface area contributed by atoms with E-state index in [0.717, 1.165) is 17.7 Å². The van der Waals surface area contributed by atoms with Crippen LogP contribution in [0.15, 0.2) is 35.0 Å². The van der Waals surface area contributed by atoms with Crippen LogP contribution >= 0.6 is 11.8 Å². The van der Waals surface area contributed by atoms with E-state index in [-0.39, 0.29) is 11.2 Å². The highest BCUT2D eigenvalue weighted by Crippen LogP contribution is 2.25. The average molecular weight is 386 g/mol. The molecular weight excluding hydrogens is 358 g/mol. The number of aryl methyl sites for hydroxylation is 2. The Morgan fingerprint density at radius 2 is 2.19 bits per heavy atom. The zero-order chi connectivity index (χ0) is 19.2. The van der Waals surface area contributed by atoms with Crippen molar-refractivity contribution in [3.63, 3.8) is 0 Å². The Morgan fingerprint density at radius 1 is 1.33 bits per heavy atom. The fraction of sp³-hybridized carbons (Fsp3) is 0.500. The molecule has 1 heterocycles. The van der Waals surface area contributed by atoms with Gasteiger partial charge in [0.1, 0.15) is 0 Å². The maximum absolute atomic E-state index is 12.4. The van der Waals surface area contributed by atoms with E-state index in [1.807, 2.05) is 26.0 Å². The Hall–Kier alpha value is -2.15. The van der Waals surface area contributed by atoms with Crippen molar-refractivity contribution in [2.24, 2.45) is 0 Å². The van der Waals surface area contributed by atoms with Gasteiger partial charge in [0.15, 0.2) is 0 Å². The number of benzene rings is 1. The minimum absolute atomic E-state index is 0.0200. The molecule has 144 valence electrons. The Kier molecular flexibility index (Phi) is 6.66. The number of tetrazole rings is 1. The highest BCUT2D eigenvalue weighted by atomic mass is 32.2. The minimum Gasteiger partial charge on any atom is -0.355 e. The van der Waals surface area contributed by atoms with Gasteiger partial charge in [-0.3, -0.25) is 4.79 Å². The molecule has 1 aromatic heterocycles. The third kappa shape index (κ3) is 5.19. The van der Waals surface area contributed by atoms with Crippen LogP contribution in [0.3, 0.4) is 0 Å². The molecule has 2 aromatic rings. The van der Waals surface area contributed by atoms with Crippen LogP contribution in [0.25, 0.3) is 5.69 Å². The van der Waals surface area contributed by atoms with Crippen LogP contribution in [0, 0.1) is 13.8 Å². The van der Waals surface area contributed by atoms with Gasteiger partial charge in [0, 0.05) is 6.54 Å². The molecule has 3 rings (SSSR count). The number of carbonyl (C=O) groups is 1. The molecule has 1 atom stereocenters. The number of hydrogen-bond donors (Lipinski definition) is 1. The molecule has 0 aliphatic heterocycles. The van der Waals surface area contributed by atoms with Crippen LogP contribution in [0.5, 0.6) is 0 Å². The first-order valence-electron chi connectivity index (χ1n) is 9.53. The number of nitrogens with one attached hydrogen (secondary N) is 1. The molecule has 6 nitrogen and oxygen atoms in total. The minimum atomic E-state index is -0.263. The van der Waals surface area contributed by atoms with Gasteiger partial charge in [0.05, 0.1) is 10.9 Å². The molecule has 0 saturated carbocycles. The zero-order valence-corrected chi connectivity index (χ0v) is 17.1. The van der Waals surface area contributed by atoms with Gasteiger partial charge in [-0.1, -0.05) is 41.1 Å². The number of carbonyl (C=O) groups excluding carboxylic acids is 1. The quantitative estimate of drug-likeness (QED) is 0.580. The van der Waals surface area contributed by atoms with Crippen molar-refractivity contribution in [1.29, 1.82) is 0 Å². The van der Waals surface area contributed by atoms with Crippen LogP contribution in [0.2, 0.25) is 0 Å².